The fourth-order valence-electron chi connectivity index (χ4n) is 0.794. The maximum absolute atomic E-state index is 4.27. The molecule has 0 bridgehead atoms. The summed E-state index contributed by atoms with van der Waals surface area (Å²) in [7, 11) is 0. The number of thiol groups is 2. The van der Waals surface area contributed by atoms with Gasteiger partial charge in [0.05, 0.1) is 0 Å². The summed E-state index contributed by atoms with van der Waals surface area (Å²) in [6.45, 7) is 0. The smallest absolute Gasteiger partial charge is 0.0226 e. The zero-order chi connectivity index (χ0) is 7.40. The van der Waals surface area contributed by atoms with Crippen molar-refractivity contribution in [3.05, 3.63) is 0 Å². The van der Waals surface area contributed by atoms with Gasteiger partial charge in [-0.15, -0.1) is 0 Å². The summed E-state index contributed by atoms with van der Waals surface area (Å²) in [5.74, 6) is 4.58. The molecule has 1 saturated heterocycles. The van der Waals surface area contributed by atoms with Gasteiger partial charge in [-0.2, -0.15) is 48.8 Å². The van der Waals surface area contributed by atoms with E-state index in [0.29, 0.717) is 0 Å². The molecule has 2 atom stereocenters. The molecule has 1 aliphatic heterocycles. The van der Waals surface area contributed by atoms with Gasteiger partial charge in [0.2, 0.25) is 0 Å². The van der Waals surface area contributed by atoms with Crippen molar-refractivity contribution in [1.29, 1.82) is 0 Å². The summed E-state index contributed by atoms with van der Waals surface area (Å²) in [6.07, 6.45) is 0. The lowest BCUT2D eigenvalue weighted by Gasteiger charge is -2.25. The molecule has 1 rings (SSSR count). The second kappa shape index (κ2) is 5.12. The van der Waals surface area contributed by atoms with Gasteiger partial charge in [0.25, 0.3) is 0 Å². The molecule has 0 aromatic carbocycles. The first kappa shape index (κ1) is 9.49. The fraction of sp³-hybridized carbons (Fsp3) is 1.00. The normalized spacial score (nSPS) is 34.2. The maximum Gasteiger partial charge on any atom is 0.0226 e. The van der Waals surface area contributed by atoms with Gasteiger partial charge in [-0.3, -0.25) is 0 Å². The third kappa shape index (κ3) is 2.80. The summed E-state index contributed by atoms with van der Waals surface area (Å²) < 4.78 is 0. The van der Waals surface area contributed by atoms with Crippen LogP contribution in [-0.4, -0.2) is 33.5 Å². The van der Waals surface area contributed by atoms with Crippen molar-refractivity contribution in [3.63, 3.8) is 0 Å². The van der Waals surface area contributed by atoms with Crippen LogP contribution in [0.5, 0.6) is 0 Å². The third-order valence-corrected chi connectivity index (χ3v) is 6.04. The highest BCUT2D eigenvalue weighted by atomic mass is 32.2. The SMILES string of the molecule is SC[C@H]1CS[C@@H](CS)CS1. The lowest BCUT2D eigenvalue weighted by molar-refractivity contribution is 1.06. The van der Waals surface area contributed by atoms with Crippen LogP contribution in [-0.2, 0) is 0 Å². The van der Waals surface area contributed by atoms with E-state index in [1.165, 1.54) is 11.5 Å². The van der Waals surface area contributed by atoms with Gasteiger partial charge in [0, 0.05) is 33.5 Å². The van der Waals surface area contributed by atoms with E-state index < -0.39 is 0 Å². The van der Waals surface area contributed by atoms with Crippen LogP contribution in [0.15, 0.2) is 0 Å². The molecule has 10 heavy (non-hydrogen) atoms. The molecule has 0 unspecified atom stereocenters. The lowest BCUT2D eigenvalue weighted by atomic mass is 10.5. The summed E-state index contributed by atoms with van der Waals surface area (Å²) in [6, 6.07) is 0. The first-order chi connectivity index (χ1) is 4.86. The van der Waals surface area contributed by atoms with Gasteiger partial charge in [0.15, 0.2) is 0 Å². The number of hydrogen-bond donors (Lipinski definition) is 2. The molecule has 0 nitrogen and oxygen atoms in total. The number of rotatable bonds is 2. The highest BCUT2D eigenvalue weighted by Crippen LogP contribution is 2.30. The van der Waals surface area contributed by atoms with Crippen molar-refractivity contribution in [2.24, 2.45) is 0 Å². The zero-order valence-electron chi connectivity index (χ0n) is 5.69. The largest absolute Gasteiger partial charge is 0.178 e. The molecule has 4 heteroatoms. The Morgan fingerprint density at radius 3 is 1.60 bits per heavy atom. The predicted octanol–water partition coefficient (Wildman–Crippen LogP) is 2.06. The lowest BCUT2D eigenvalue weighted by Crippen LogP contribution is -2.23. The summed E-state index contributed by atoms with van der Waals surface area (Å²) in [5.41, 5.74) is 0. The van der Waals surface area contributed by atoms with Crippen molar-refractivity contribution in [2.45, 2.75) is 10.5 Å². The Bertz CT molecular complexity index is 75.7. The summed E-state index contributed by atoms with van der Waals surface area (Å²) >= 11 is 12.6. The second-order valence-electron chi connectivity index (χ2n) is 2.28. The summed E-state index contributed by atoms with van der Waals surface area (Å²) in [5, 5.41) is 1.56. The van der Waals surface area contributed by atoms with E-state index in [1.54, 1.807) is 0 Å². The first-order valence-electron chi connectivity index (χ1n) is 3.31. The monoisotopic (exact) mass is 212 g/mol. The molecular formula is C6H12S4. The quantitative estimate of drug-likeness (QED) is 0.673. The van der Waals surface area contributed by atoms with Crippen LogP contribution in [0, 0.1) is 0 Å². The molecule has 1 heterocycles. The molecule has 0 aromatic rings. The molecule has 1 fully saturated rings. The molecule has 0 N–H and O–H groups in total. The Labute approximate surface area is 82.1 Å². The molecule has 0 amide bonds. The van der Waals surface area contributed by atoms with Crippen LogP contribution in [0.2, 0.25) is 0 Å². The van der Waals surface area contributed by atoms with Crippen LogP contribution in [0.25, 0.3) is 0 Å². The molecule has 0 aliphatic carbocycles. The van der Waals surface area contributed by atoms with Crippen molar-refractivity contribution >= 4 is 48.8 Å². The van der Waals surface area contributed by atoms with Gasteiger partial charge in [0.1, 0.15) is 0 Å². The van der Waals surface area contributed by atoms with Gasteiger partial charge in [-0.25, -0.2) is 0 Å². The first-order valence-corrected chi connectivity index (χ1v) is 6.68. The van der Waals surface area contributed by atoms with Crippen LogP contribution in [0.1, 0.15) is 0 Å². The van der Waals surface area contributed by atoms with Gasteiger partial charge < -0.3 is 0 Å². The maximum atomic E-state index is 4.27. The average molecular weight is 212 g/mol. The minimum Gasteiger partial charge on any atom is -0.178 e. The Hall–Kier alpha value is 1.40. The van der Waals surface area contributed by atoms with E-state index in [-0.39, 0.29) is 0 Å². The Balaban J connectivity index is 2.17. The number of thioether (sulfide) groups is 2. The van der Waals surface area contributed by atoms with Crippen LogP contribution < -0.4 is 0 Å². The highest BCUT2D eigenvalue weighted by Gasteiger charge is 2.19. The van der Waals surface area contributed by atoms with E-state index >= 15 is 0 Å². The molecule has 0 radical (unpaired) electrons. The van der Waals surface area contributed by atoms with E-state index in [1.807, 2.05) is 23.5 Å². The zero-order valence-corrected chi connectivity index (χ0v) is 9.12. The molecule has 0 aromatic heterocycles. The molecule has 0 saturated carbocycles. The van der Waals surface area contributed by atoms with Gasteiger partial charge in [-0.1, -0.05) is 0 Å². The predicted molar refractivity (Wildman–Crippen MR) is 60.2 cm³/mol. The molecule has 0 spiro atoms. The Kier molecular flexibility index (Phi) is 4.86. The van der Waals surface area contributed by atoms with Gasteiger partial charge in [-0.05, 0) is 0 Å². The van der Waals surface area contributed by atoms with Gasteiger partial charge >= 0.3 is 0 Å². The van der Waals surface area contributed by atoms with Crippen molar-refractivity contribution in [3.8, 4) is 0 Å². The molecule has 60 valence electrons. The Morgan fingerprint density at radius 2 is 1.40 bits per heavy atom. The molecule has 1 aliphatic rings. The van der Waals surface area contributed by atoms with E-state index in [9.17, 15) is 0 Å². The topological polar surface area (TPSA) is 0 Å². The van der Waals surface area contributed by atoms with E-state index in [4.69, 9.17) is 0 Å². The van der Waals surface area contributed by atoms with Crippen LogP contribution in [0.4, 0.5) is 0 Å². The standard InChI is InChI=1S/C6H12S4/c7-1-5-3-10-6(2-8)4-9-5/h5-8H,1-4H2/t5-,6-/m0/s1. The Morgan fingerprint density at radius 1 is 1.00 bits per heavy atom. The molecular weight excluding hydrogens is 200 g/mol. The third-order valence-electron chi connectivity index (χ3n) is 1.44. The van der Waals surface area contributed by atoms with E-state index in [0.717, 1.165) is 22.0 Å². The van der Waals surface area contributed by atoms with Crippen LogP contribution >= 0.6 is 48.8 Å². The minimum atomic E-state index is 0.782. The fourth-order valence-corrected chi connectivity index (χ4v) is 4.70. The number of hydrogen-bond acceptors (Lipinski definition) is 4. The van der Waals surface area contributed by atoms with Crippen molar-refractivity contribution in [1.82, 2.24) is 0 Å². The van der Waals surface area contributed by atoms with Crippen molar-refractivity contribution in [2.75, 3.05) is 23.0 Å². The van der Waals surface area contributed by atoms with E-state index in [2.05, 4.69) is 25.3 Å². The van der Waals surface area contributed by atoms with Crippen LogP contribution in [0.3, 0.4) is 0 Å². The minimum absolute atomic E-state index is 0.782. The van der Waals surface area contributed by atoms with Crippen molar-refractivity contribution < 1.29 is 0 Å². The highest BCUT2D eigenvalue weighted by molar-refractivity contribution is 8.07. The average Bonchev–Trinajstić information content (AvgIpc) is 2.05. The second-order valence-corrected chi connectivity index (χ2v) is 5.67. The summed E-state index contributed by atoms with van der Waals surface area (Å²) in [4.78, 5) is 0.